The number of nitrogens with one attached hydrogen (secondary N) is 1. The molecular formula is C22H28ClN7OS. The van der Waals surface area contributed by atoms with Gasteiger partial charge >= 0.3 is 0 Å². The minimum atomic E-state index is 0.267. The van der Waals surface area contributed by atoms with Gasteiger partial charge in [-0.1, -0.05) is 11.6 Å². The van der Waals surface area contributed by atoms with Crippen LogP contribution >= 0.6 is 23.5 Å². The molecular weight excluding hydrogens is 446 g/mol. The zero-order chi connectivity index (χ0) is 22.1. The Bertz CT molecular complexity index is 1080. The second-order valence-electron chi connectivity index (χ2n) is 8.38. The molecule has 6 rings (SSSR count). The van der Waals surface area contributed by atoms with Gasteiger partial charge < -0.3 is 24.7 Å². The van der Waals surface area contributed by atoms with Crippen LogP contribution in [0.1, 0.15) is 26.2 Å². The van der Waals surface area contributed by atoms with Crippen LogP contribution in [-0.4, -0.2) is 64.1 Å². The lowest BCUT2D eigenvalue weighted by Crippen LogP contribution is -2.44. The number of fused-ring (bicyclic) bond motifs is 1. The van der Waals surface area contributed by atoms with E-state index in [1.54, 1.807) is 0 Å². The van der Waals surface area contributed by atoms with E-state index in [2.05, 4.69) is 32.2 Å². The van der Waals surface area contributed by atoms with Gasteiger partial charge in [0.2, 0.25) is 0 Å². The Morgan fingerprint density at radius 2 is 2.00 bits per heavy atom. The molecule has 2 aliphatic heterocycles. The van der Waals surface area contributed by atoms with Crippen molar-refractivity contribution in [3.63, 3.8) is 0 Å². The number of ether oxygens (including phenoxy) is 1. The first-order chi connectivity index (χ1) is 15.6. The van der Waals surface area contributed by atoms with Gasteiger partial charge in [0.15, 0.2) is 5.82 Å². The first-order valence-corrected chi connectivity index (χ1v) is 12.4. The molecule has 3 fully saturated rings. The van der Waals surface area contributed by atoms with Crippen molar-refractivity contribution in [2.45, 2.75) is 38.3 Å². The summed E-state index contributed by atoms with van der Waals surface area (Å²) in [6.07, 6.45) is 5.55. The molecule has 10 heteroatoms. The van der Waals surface area contributed by atoms with E-state index < -0.39 is 0 Å². The number of halogens is 1. The molecule has 3 N–H and O–H groups in total. The molecule has 1 aliphatic carbocycles. The summed E-state index contributed by atoms with van der Waals surface area (Å²) in [5.74, 6) is 3.66. The number of hydrogen-bond donors (Lipinski definition) is 2. The maximum Gasteiger partial charge on any atom is 0.164 e. The molecule has 1 unspecified atom stereocenters. The number of rotatable bonds is 3. The number of morpholine rings is 1. The van der Waals surface area contributed by atoms with Crippen LogP contribution in [-0.2, 0) is 4.74 Å². The summed E-state index contributed by atoms with van der Waals surface area (Å²) >= 11 is 8.10. The summed E-state index contributed by atoms with van der Waals surface area (Å²) in [7, 11) is 0. The molecule has 3 aromatic rings. The molecule has 8 nitrogen and oxygen atoms in total. The lowest BCUT2D eigenvalue weighted by molar-refractivity contribution is 0.0985. The standard InChI is InChI=1S/C19H21ClN6OS.C3H7N/c1-12-11-27-7-6-25(12)16-10-17(26-5-2-8-28-26)24-19(23-16)14-9-15(20)22-18-13(14)3-4-21-18;4-3-1-2-3/h3-4,9-10,12H,2,5-8,11H2,1H3,(H,21,22);3H,1-2,4H2. The van der Waals surface area contributed by atoms with Crippen LogP contribution in [0, 0.1) is 0 Å². The van der Waals surface area contributed by atoms with Gasteiger partial charge in [0.25, 0.3) is 0 Å². The number of H-pyrrole nitrogens is 1. The van der Waals surface area contributed by atoms with Gasteiger partial charge in [-0.2, -0.15) is 0 Å². The van der Waals surface area contributed by atoms with Gasteiger partial charge in [0.05, 0.1) is 19.3 Å². The monoisotopic (exact) mass is 473 g/mol. The van der Waals surface area contributed by atoms with Crippen LogP contribution in [0.25, 0.3) is 22.4 Å². The molecule has 1 saturated carbocycles. The maximum absolute atomic E-state index is 6.28. The molecule has 0 amide bonds. The van der Waals surface area contributed by atoms with Crippen molar-refractivity contribution in [2.24, 2.45) is 5.73 Å². The second-order valence-corrected chi connectivity index (χ2v) is 9.88. The molecule has 32 heavy (non-hydrogen) atoms. The fourth-order valence-electron chi connectivity index (χ4n) is 3.80. The van der Waals surface area contributed by atoms with Crippen LogP contribution in [0.15, 0.2) is 24.4 Å². The first kappa shape index (κ1) is 21.8. The summed E-state index contributed by atoms with van der Waals surface area (Å²) in [6, 6.07) is 6.79. The van der Waals surface area contributed by atoms with Gasteiger partial charge in [-0.25, -0.2) is 15.0 Å². The molecule has 0 spiro atoms. The average Bonchev–Trinajstić information content (AvgIpc) is 3.22. The van der Waals surface area contributed by atoms with E-state index in [9.17, 15) is 0 Å². The lowest BCUT2D eigenvalue weighted by Gasteiger charge is -2.34. The topological polar surface area (TPSA) is 96.2 Å². The van der Waals surface area contributed by atoms with Crippen molar-refractivity contribution >= 4 is 46.2 Å². The fourth-order valence-corrected chi connectivity index (χ4v) is 4.96. The zero-order valence-corrected chi connectivity index (χ0v) is 19.7. The van der Waals surface area contributed by atoms with E-state index in [0.29, 0.717) is 30.2 Å². The summed E-state index contributed by atoms with van der Waals surface area (Å²) in [5, 5.41) is 1.40. The van der Waals surface area contributed by atoms with Crippen LogP contribution < -0.4 is 14.9 Å². The highest BCUT2D eigenvalue weighted by Crippen LogP contribution is 2.34. The van der Waals surface area contributed by atoms with Crippen molar-refractivity contribution in [1.29, 1.82) is 0 Å². The Morgan fingerprint density at radius 1 is 1.19 bits per heavy atom. The highest BCUT2D eigenvalue weighted by atomic mass is 35.5. The highest BCUT2D eigenvalue weighted by Gasteiger charge is 2.25. The number of nitrogens with two attached hydrogens (primary N) is 1. The van der Waals surface area contributed by atoms with Crippen molar-refractivity contribution in [1.82, 2.24) is 19.9 Å². The summed E-state index contributed by atoms with van der Waals surface area (Å²) < 4.78 is 7.87. The molecule has 5 heterocycles. The Labute approximate surface area is 197 Å². The number of aromatic nitrogens is 4. The second kappa shape index (κ2) is 9.43. The minimum Gasteiger partial charge on any atom is -0.377 e. The fraction of sp³-hybridized carbons (Fsp3) is 0.500. The van der Waals surface area contributed by atoms with Crippen LogP contribution in [0.4, 0.5) is 11.6 Å². The van der Waals surface area contributed by atoms with E-state index in [-0.39, 0.29) is 6.04 Å². The average molecular weight is 474 g/mol. The van der Waals surface area contributed by atoms with Crippen molar-refractivity contribution < 1.29 is 4.74 Å². The van der Waals surface area contributed by atoms with Crippen molar-refractivity contribution in [3.05, 3.63) is 29.5 Å². The molecule has 0 bridgehead atoms. The maximum atomic E-state index is 6.28. The van der Waals surface area contributed by atoms with E-state index in [4.69, 9.17) is 32.0 Å². The number of aromatic amines is 1. The molecule has 3 aliphatic rings. The Hall–Kier alpha value is -2.07. The number of anilines is 2. The summed E-state index contributed by atoms with van der Waals surface area (Å²) in [6.45, 7) is 5.40. The quantitative estimate of drug-likeness (QED) is 0.437. The molecule has 3 aromatic heterocycles. The molecule has 170 valence electrons. The Morgan fingerprint density at radius 3 is 2.72 bits per heavy atom. The third-order valence-corrected chi connectivity index (χ3v) is 7.08. The lowest BCUT2D eigenvalue weighted by atomic mass is 10.1. The van der Waals surface area contributed by atoms with Gasteiger partial charge in [-0.05, 0) is 50.3 Å². The van der Waals surface area contributed by atoms with Crippen molar-refractivity contribution in [2.75, 3.05) is 41.3 Å². The molecule has 2 saturated heterocycles. The summed E-state index contributed by atoms with van der Waals surface area (Å²) in [4.78, 5) is 19.6. The van der Waals surface area contributed by atoms with Crippen LogP contribution in [0.3, 0.4) is 0 Å². The molecule has 0 radical (unpaired) electrons. The number of pyridine rings is 1. The SMILES string of the molecule is CC1COCCN1c1cc(N2CCCS2)nc(-c2cc(Cl)nc3[nH]ccc23)n1.NC1CC1. The number of nitrogens with zero attached hydrogens (tertiary/aromatic N) is 5. The van der Waals surface area contributed by atoms with Gasteiger partial charge in [-0.3, -0.25) is 0 Å². The Balaban J connectivity index is 0.000000489. The van der Waals surface area contributed by atoms with Gasteiger partial charge in [0, 0.05) is 48.1 Å². The largest absolute Gasteiger partial charge is 0.377 e. The first-order valence-electron chi connectivity index (χ1n) is 11.1. The van der Waals surface area contributed by atoms with Gasteiger partial charge in [0.1, 0.15) is 22.4 Å². The number of hydrogen-bond acceptors (Lipinski definition) is 8. The van der Waals surface area contributed by atoms with Gasteiger partial charge in [-0.15, -0.1) is 0 Å². The van der Waals surface area contributed by atoms with E-state index in [0.717, 1.165) is 53.5 Å². The third kappa shape index (κ3) is 4.80. The summed E-state index contributed by atoms with van der Waals surface area (Å²) in [5.41, 5.74) is 6.86. The minimum absolute atomic E-state index is 0.267. The predicted octanol–water partition coefficient (Wildman–Crippen LogP) is 3.86. The van der Waals surface area contributed by atoms with E-state index in [1.807, 2.05) is 30.3 Å². The van der Waals surface area contributed by atoms with E-state index >= 15 is 0 Å². The predicted molar refractivity (Wildman–Crippen MR) is 131 cm³/mol. The highest BCUT2D eigenvalue weighted by molar-refractivity contribution is 8.00. The van der Waals surface area contributed by atoms with E-state index in [1.165, 1.54) is 12.8 Å². The Kier molecular flexibility index (Phi) is 6.41. The van der Waals surface area contributed by atoms with Crippen molar-refractivity contribution in [3.8, 4) is 11.4 Å². The normalized spacial score (nSPS) is 21.0. The third-order valence-electron chi connectivity index (χ3n) is 5.73. The van der Waals surface area contributed by atoms with Crippen LogP contribution in [0.2, 0.25) is 5.15 Å². The molecule has 0 aromatic carbocycles. The smallest absolute Gasteiger partial charge is 0.164 e. The zero-order valence-electron chi connectivity index (χ0n) is 18.1. The molecule has 1 atom stereocenters. The van der Waals surface area contributed by atoms with Crippen LogP contribution in [0.5, 0.6) is 0 Å².